The van der Waals surface area contributed by atoms with E-state index in [2.05, 4.69) is 47.2 Å². The van der Waals surface area contributed by atoms with Gasteiger partial charge in [0.2, 0.25) is 0 Å². The van der Waals surface area contributed by atoms with Crippen molar-refractivity contribution in [1.82, 2.24) is 5.32 Å². The molecule has 0 unspecified atom stereocenters. The summed E-state index contributed by atoms with van der Waals surface area (Å²) in [5.74, 6) is 1.75. The van der Waals surface area contributed by atoms with Crippen LogP contribution >= 0.6 is 15.9 Å². The summed E-state index contributed by atoms with van der Waals surface area (Å²) in [6.07, 6.45) is 3.69. The van der Waals surface area contributed by atoms with Gasteiger partial charge in [0.25, 0.3) is 0 Å². The molecule has 1 saturated carbocycles. The van der Waals surface area contributed by atoms with E-state index in [9.17, 15) is 0 Å². The van der Waals surface area contributed by atoms with E-state index in [0.29, 0.717) is 12.0 Å². The van der Waals surface area contributed by atoms with E-state index in [1.54, 1.807) is 0 Å². The van der Waals surface area contributed by atoms with E-state index in [1.807, 2.05) is 6.07 Å². The van der Waals surface area contributed by atoms with Crippen LogP contribution in [-0.2, 0) is 13.0 Å². The summed E-state index contributed by atoms with van der Waals surface area (Å²) in [4.78, 5) is 0. The standard InChI is InChI=1S/C16H20BrNO/c1-10(2)8-13-12-4-3-5-14(17)16(12)19-15(13)9-18-11-6-7-11/h3-5,10-11,18H,6-9H2,1-2H3. The van der Waals surface area contributed by atoms with Gasteiger partial charge in [0.15, 0.2) is 0 Å². The molecule has 3 rings (SSSR count). The Bertz CT molecular complexity index is 584. The Morgan fingerprint density at radius 3 is 2.84 bits per heavy atom. The van der Waals surface area contributed by atoms with Crippen molar-refractivity contribution >= 4 is 26.9 Å². The highest BCUT2D eigenvalue weighted by molar-refractivity contribution is 9.10. The third kappa shape index (κ3) is 2.87. The van der Waals surface area contributed by atoms with Gasteiger partial charge in [-0.15, -0.1) is 0 Å². The lowest BCUT2D eigenvalue weighted by molar-refractivity contribution is 0.499. The van der Waals surface area contributed by atoms with E-state index in [1.165, 1.54) is 23.8 Å². The van der Waals surface area contributed by atoms with Crippen LogP contribution in [0.2, 0.25) is 0 Å². The van der Waals surface area contributed by atoms with Crippen molar-refractivity contribution < 1.29 is 4.42 Å². The van der Waals surface area contributed by atoms with Crippen LogP contribution in [0.25, 0.3) is 11.0 Å². The van der Waals surface area contributed by atoms with Gasteiger partial charge < -0.3 is 9.73 Å². The van der Waals surface area contributed by atoms with Crippen molar-refractivity contribution in [1.29, 1.82) is 0 Å². The maximum absolute atomic E-state index is 6.10. The Morgan fingerprint density at radius 2 is 2.16 bits per heavy atom. The summed E-state index contributed by atoms with van der Waals surface area (Å²) in [5, 5.41) is 4.82. The highest BCUT2D eigenvalue weighted by Crippen LogP contribution is 2.33. The van der Waals surface area contributed by atoms with Gasteiger partial charge in [-0.3, -0.25) is 0 Å². The number of halogens is 1. The fourth-order valence-electron chi connectivity index (χ4n) is 2.48. The lowest BCUT2D eigenvalue weighted by atomic mass is 10.00. The number of fused-ring (bicyclic) bond motifs is 1. The summed E-state index contributed by atoms with van der Waals surface area (Å²) in [6, 6.07) is 7.01. The number of para-hydroxylation sites is 1. The minimum atomic E-state index is 0.638. The maximum atomic E-state index is 6.10. The average Bonchev–Trinajstić information content (AvgIpc) is 3.12. The first-order valence-corrected chi connectivity index (χ1v) is 7.86. The second-order valence-corrected chi connectivity index (χ2v) is 6.73. The van der Waals surface area contributed by atoms with Crippen molar-refractivity contribution in [3.8, 4) is 0 Å². The summed E-state index contributed by atoms with van der Waals surface area (Å²) in [7, 11) is 0. The number of hydrogen-bond donors (Lipinski definition) is 1. The van der Waals surface area contributed by atoms with E-state index in [-0.39, 0.29) is 0 Å². The van der Waals surface area contributed by atoms with Crippen LogP contribution in [0.3, 0.4) is 0 Å². The van der Waals surface area contributed by atoms with Crippen LogP contribution < -0.4 is 5.32 Å². The number of furan rings is 1. The molecule has 2 aromatic rings. The van der Waals surface area contributed by atoms with Crippen LogP contribution in [0.4, 0.5) is 0 Å². The molecular weight excluding hydrogens is 302 g/mol. The zero-order chi connectivity index (χ0) is 13.4. The molecule has 102 valence electrons. The molecule has 0 amide bonds. The lowest BCUT2D eigenvalue weighted by Crippen LogP contribution is -2.16. The molecule has 0 spiro atoms. The molecule has 1 N–H and O–H groups in total. The van der Waals surface area contributed by atoms with Gasteiger partial charge in [-0.2, -0.15) is 0 Å². The van der Waals surface area contributed by atoms with Crippen LogP contribution in [0.1, 0.15) is 38.0 Å². The molecule has 1 aromatic heterocycles. The SMILES string of the molecule is CC(C)Cc1c(CNC2CC2)oc2c(Br)cccc12. The second kappa shape index (κ2) is 5.29. The smallest absolute Gasteiger partial charge is 0.148 e. The molecule has 1 aromatic carbocycles. The topological polar surface area (TPSA) is 25.2 Å². The van der Waals surface area contributed by atoms with Crippen molar-refractivity contribution in [3.05, 3.63) is 34.0 Å². The minimum absolute atomic E-state index is 0.638. The third-order valence-corrected chi connectivity index (χ3v) is 4.22. The summed E-state index contributed by atoms with van der Waals surface area (Å²) >= 11 is 3.59. The molecule has 0 aliphatic heterocycles. The minimum Gasteiger partial charge on any atom is -0.458 e. The number of hydrogen-bond acceptors (Lipinski definition) is 2. The Balaban J connectivity index is 1.99. The molecule has 2 nitrogen and oxygen atoms in total. The van der Waals surface area contributed by atoms with E-state index >= 15 is 0 Å². The predicted octanol–water partition coefficient (Wildman–Crippen LogP) is 4.65. The molecule has 0 saturated heterocycles. The molecule has 1 fully saturated rings. The average molecular weight is 322 g/mol. The number of benzene rings is 1. The molecule has 3 heteroatoms. The quantitative estimate of drug-likeness (QED) is 0.867. The fourth-order valence-corrected chi connectivity index (χ4v) is 2.93. The zero-order valence-electron chi connectivity index (χ0n) is 11.5. The highest BCUT2D eigenvalue weighted by Gasteiger charge is 2.23. The van der Waals surface area contributed by atoms with Crippen molar-refractivity contribution in [2.24, 2.45) is 5.92 Å². The Labute approximate surface area is 122 Å². The molecule has 1 aliphatic carbocycles. The Kier molecular flexibility index (Phi) is 3.68. The molecule has 0 radical (unpaired) electrons. The number of rotatable bonds is 5. The first-order valence-electron chi connectivity index (χ1n) is 7.07. The third-order valence-electron chi connectivity index (χ3n) is 3.59. The first kappa shape index (κ1) is 13.2. The highest BCUT2D eigenvalue weighted by atomic mass is 79.9. The van der Waals surface area contributed by atoms with Gasteiger partial charge >= 0.3 is 0 Å². The van der Waals surface area contributed by atoms with Crippen molar-refractivity contribution in [2.45, 2.75) is 45.7 Å². The van der Waals surface area contributed by atoms with E-state index in [0.717, 1.165) is 28.8 Å². The Hall–Kier alpha value is -0.800. The largest absolute Gasteiger partial charge is 0.458 e. The van der Waals surface area contributed by atoms with Gasteiger partial charge in [-0.25, -0.2) is 0 Å². The molecule has 0 bridgehead atoms. The summed E-state index contributed by atoms with van der Waals surface area (Å²) < 4.78 is 7.15. The van der Waals surface area contributed by atoms with Gasteiger partial charge in [-0.05, 0) is 47.2 Å². The van der Waals surface area contributed by atoms with Crippen molar-refractivity contribution in [2.75, 3.05) is 0 Å². The Morgan fingerprint density at radius 1 is 1.37 bits per heavy atom. The van der Waals surface area contributed by atoms with Crippen LogP contribution in [0.5, 0.6) is 0 Å². The molecule has 19 heavy (non-hydrogen) atoms. The molecule has 0 atom stereocenters. The van der Waals surface area contributed by atoms with Crippen LogP contribution in [0.15, 0.2) is 27.1 Å². The predicted molar refractivity (Wildman–Crippen MR) is 82.3 cm³/mol. The van der Waals surface area contributed by atoms with Gasteiger partial charge in [0, 0.05) is 17.0 Å². The number of nitrogens with one attached hydrogen (secondary N) is 1. The summed E-state index contributed by atoms with van der Waals surface area (Å²) in [6.45, 7) is 5.37. The lowest BCUT2D eigenvalue weighted by Gasteiger charge is -2.06. The normalized spacial score (nSPS) is 15.6. The van der Waals surface area contributed by atoms with Gasteiger partial charge in [-0.1, -0.05) is 26.0 Å². The van der Waals surface area contributed by atoms with E-state index in [4.69, 9.17) is 4.42 Å². The monoisotopic (exact) mass is 321 g/mol. The van der Waals surface area contributed by atoms with Crippen LogP contribution in [-0.4, -0.2) is 6.04 Å². The second-order valence-electron chi connectivity index (χ2n) is 5.87. The summed E-state index contributed by atoms with van der Waals surface area (Å²) in [5.41, 5.74) is 2.37. The van der Waals surface area contributed by atoms with Crippen molar-refractivity contribution in [3.63, 3.8) is 0 Å². The van der Waals surface area contributed by atoms with Gasteiger partial charge in [0.1, 0.15) is 11.3 Å². The molecule has 1 aliphatic rings. The maximum Gasteiger partial charge on any atom is 0.148 e. The van der Waals surface area contributed by atoms with E-state index < -0.39 is 0 Å². The zero-order valence-corrected chi connectivity index (χ0v) is 13.1. The fraction of sp³-hybridized carbons (Fsp3) is 0.500. The van der Waals surface area contributed by atoms with Gasteiger partial charge in [0.05, 0.1) is 11.0 Å². The van der Waals surface area contributed by atoms with Crippen LogP contribution in [0, 0.1) is 5.92 Å². The molecular formula is C16H20BrNO. The molecule has 1 heterocycles. The first-order chi connectivity index (χ1) is 9.15.